The fourth-order valence-corrected chi connectivity index (χ4v) is 3.25. The number of hydrogen-bond donors (Lipinski definition) is 1. The van der Waals surface area contributed by atoms with Gasteiger partial charge in [0.05, 0.1) is 6.61 Å². The van der Waals surface area contributed by atoms with Crippen molar-refractivity contribution < 1.29 is 9.53 Å². The largest absolute Gasteiger partial charge is 0.465 e. The number of carbonyl (C=O) groups excluding carboxylic acids is 1. The summed E-state index contributed by atoms with van der Waals surface area (Å²) in [5.41, 5.74) is -0.396. The van der Waals surface area contributed by atoms with Gasteiger partial charge < -0.3 is 9.64 Å². The van der Waals surface area contributed by atoms with Crippen LogP contribution in [0.2, 0.25) is 0 Å². The minimum atomic E-state index is -0.396. The molecule has 0 aromatic heterocycles. The van der Waals surface area contributed by atoms with Crippen molar-refractivity contribution in [2.45, 2.75) is 57.0 Å². The zero-order valence-electron chi connectivity index (χ0n) is 12.6. The monoisotopic (exact) mass is 268 g/mol. The molecule has 0 heterocycles. The van der Waals surface area contributed by atoms with Crippen LogP contribution in [0.4, 0.5) is 0 Å². The fraction of sp³-hybridized carbons (Fsp3) is 0.933. The Morgan fingerprint density at radius 1 is 1.37 bits per heavy atom. The SMILES string of the molecule is CCOC(=O)C1(NC2CC2)CCCC1CCN(C)C. The standard InChI is InChI=1S/C15H28N2O2/c1-4-19-14(18)15(16-13-7-8-13)10-5-6-12(15)9-11-17(2)3/h12-13,16H,4-11H2,1-3H3. The van der Waals surface area contributed by atoms with Crippen LogP contribution in [-0.4, -0.2) is 49.7 Å². The van der Waals surface area contributed by atoms with Crippen LogP contribution < -0.4 is 5.32 Å². The number of ether oxygens (including phenoxy) is 1. The third-order valence-corrected chi connectivity index (χ3v) is 4.42. The van der Waals surface area contributed by atoms with Gasteiger partial charge in [-0.1, -0.05) is 6.42 Å². The lowest BCUT2D eigenvalue weighted by molar-refractivity contribution is -0.153. The Labute approximate surface area is 116 Å². The van der Waals surface area contributed by atoms with E-state index in [0.717, 1.165) is 32.2 Å². The number of rotatable bonds is 7. The van der Waals surface area contributed by atoms with Crippen molar-refractivity contribution in [3.63, 3.8) is 0 Å². The van der Waals surface area contributed by atoms with Crippen LogP contribution in [0, 0.1) is 5.92 Å². The Morgan fingerprint density at radius 2 is 2.11 bits per heavy atom. The molecule has 0 saturated heterocycles. The first-order valence-corrected chi connectivity index (χ1v) is 7.68. The Morgan fingerprint density at radius 3 is 2.68 bits per heavy atom. The minimum absolute atomic E-state index is 0.0110. The predicted octanol–water partition coefficient (Wildman–Crippen LogP) is 1.79. The highest BCUT2D eigenvalue weighted by Gasteiger charge is 2.51. The van der Waals surface area contributed by atoms with Crippen LogP contribution in [0.1, 0.15) is 45.4 Å². The highest BCUT2D eigenvalue weighted by Crippen LogP contribution is 2.41. The highest BCUT2D eigenvalue weighted by molar-refractivity contribution is 5.82. The molecule has 2 aliphatic rings. The lowest BCUT2D eigenvalue weighted by Crippen LogP contribution is -2.56. The molecule has 0 aromatic carbocycles. The van der Waals surface area contributed by atoms with E-state index in [1.165, 1.54) is 12.8 Å². The quantitative estimate of drug-likeness (QED) is 0.715. The van der Waals surface area contributed by atoms with Gasteiger partial charge in [0.1, 0.15) is 5.54 Å². The lowest BCUT2D eigenvalue weighted by Gasteiger charge is -2.35. The number of carbonyl (C=O) groups is 1. The summed E-state index contributed by atoms with van der Waals surface area (Å²) in [5.74, 6) is 0.415. The second-order valence-corrected chi connectivity index (χ2v) is 6.29. The second kappa shape index (κ2) is 6.23. The topological polar surface area (TPSA) is 41.6 Å². The van der Waals surface area contributed by atoms with E-state index in [1.54, 1.807) is 0 Å². The van der Waals surface area contributed by atoms with Crippen molar-refractivity contribution >= 4 is 5.97 Å². The van der Waals surface area contributed by atoms with Crippen LogP contribution >= 0.6 is 0 Å². The lowest BCUT2D eigenvalue weighted by atomic mass is 9.84. The van der Waals surface area contributed by atoms with Crippen molar-refractivity contribution in [2.24, 2.45) is 5.92 Å². The second-order valence-electron chi connectivity index (χ2n) is 6.29. The van der Waals surface area contributed by atoms with Gasteiger partial charge in [0.25, 0.3) is 0 Å². The average molecular weight is 268 g/mol. The van der Waals surface area contributed by atoms with Crippen molar-refractivity contribution in [1.82, 2.24) is 10.2 Å². The summed E-state index contributed by atoms with van der Waals surface area (Å²) in [6, 6.07) is 0.546. The highest BCUT2D eigenvalue weighted by atomic mass is 16.5. The molecule has 2 rings (SSSR count). The maximum atomic E-state index is 12.5. The summed E-state index contributed by atoms with van der Waals surface area (Å²) in [7, 11) is 4.19. The van der Waals surface area contributed by atoms with Crippen LogP contribution in [-0.2, 0) is 9.53 Å². The molecule has 0 bridgehead atoms. The zero-order chi connectivity index (χ0) is 13.9. The number of esters is 1. The van der Waals surface area contributed by atoms with Gasteiger partial charge in [0.2, 0.25) is 0 Å². The van der Waals surface area contributed by atoms with Gasteiger partial charge in [-0.05, 0) is 65.6 Å². The molecule has 2 aliphatic carbocycles. The van der Waals surface area contributed by atoms with E-state index in [4.69, 9.17) is 4.74 Å². The Bertz CT molecular complexity index is 315. The molecule has 0 aromatic rings. The van der Waals surface area contributed by atoms with E-state index in [-0.39, 0.29) is 5.97 Å². The molecule has 1 N–H and O–H groups in total. The first kappa shape index (κ1) is 14.8. The van der Waals surface area contributed by atoms with E-state index >= 15 is 0 Å². The maximum Gasteiger partial charge on any atom is 0.326 e. The third kappa shape index (κ3) is 3.48. The van der Waals surface area contributed by atoms with Crippen LogP contribution in [0.15, 0.2) is 0 Å². The molecule has 19 heavy (non-hydrogen) atoms. The van der Waals surface area contributed by atoms with Crippen molar-refractivity contribution in [2.75, 3.05) is 27.2 Å². The van der Waals surface area contributed by atoms with Crippen LogP contribution in [0.5, 0.6) is 0 Å². The first-order chi connectivity index (χ1) is 9.08. The van der Waals surface area contributed by atoms with E-state index < -0.39 is 5.54 Å². The molecule has 4 nitrogen and oxygen atoms in total. The Kier molecular flexibility index (Phi) is 4.85. The Hall–Kier alpha value is -0.610. The van der Waals surface area contributed by atoms with Gasteiger partial charge in [-0.3, -0.25) is 10.1 Å². The molecule has 2 unspecified atom stereocenters. The Balaban J connectivity index is 2.07. The van der Waals surface area contributed by atoms with Crippen molar-refractivity contribution in [3.05, 3.63) is 0 Å². The van der Waals surface area contributed by atoms with E-state index in [0.29, 0.717) is 18.6 Å². The molecule has 0 aliphatic heterocycles. The number of nitrogens with zero attached hydrogens (tertiary/aromatic N) is 1. The van der Waals surface area contributed by atoms with Gasteiger partial charge in [0.15, 0.2) is 0 Å². The summed E-state index contributed by atoms with van der Waals surface area (Å²) in [5, 5.41) is 3.63. The molecule has 2 saturated carbocycles. The van der Waals surface area contributed by atoms with Gasteiger partial charge >= 0.3 is 5.97 Å². The zero-order valence-corrected chi connectivity index (χ0v) is 12.6. The number of nitrogens with one attached hydrogen (secondary N) is 1. The molecule has 110 valence electrons. The van der Waals surface area contributed by atoms with Gasteiger partial charge in [0, 0.05) is 6.04 Å². The molecule has 0 spiro atoms. The minimum Gasteiger partial charge on any atom is -0.465 e. The maximum absolute atomic E-state index is 12.5. The van der Waals surface area contributed by atoms with Crippen molar-refractivity contribution in [1.29, 1.82) is 0 Å². The fourth-order valence-electron chi connectivity index (χ4n) is 3.25. The summed E-state index contributed by atoms with van der Waals surface area (Å²) in [6.45, 7) is 3.41. The molecular weight excluding hydrogens is 240 g/mol. The molecule has 0 radical (unpaired) electrons. The van der Waals surface area contributed by atoms with Crippen molar-refractivity contribution in [3.8, 4) is 0 Å². The van der Waals surface area contributed by atoms with Crippen LogP contribution in [0.25, 0.3) is 0 Å². The molecule has 4 heteroatoms. The van der Waals surface area contributed by atoms with Gasteiger partial charge in [-0.2, -0.15) is 0 Å². The number of hydrogen-bond acceptors (Lipinski definition) is 4. The summed E-state index contributed by atoms with van der Waals surface area (Å²) in [4.78, 5) is 14.7. The summed E-state index contributed by atoms with van der Waals surface area (Å²) >= 11 is 0. The van der Waals surface area contributed by atoms with E-state index in [1.807, 2.05) is 6.92 Å². The molecule has 0 amide bonds. The summed E-state index contributed by atoms with van der Waals surface area (Å²) < 4.78 is 5.38. The molecule has 2 atom stereocenters. The van der Waals surface area contributed by atoms with E-state index in [2.05, 4.69) is 24.3 Å². The molecule has 2 fully saturated rings. The smallest absolute Gasteiger partial charge is 0.326 e. The average Bonchev–Trinajstić information content (AvgIpc) is 3.06. The third-order valence-electron chi connectivity index (χ3n) is 4.42. The predicted molar refractivity (Wildman–Crippen MR) is 76.0 cm³/mol. The van der Waals surface area contributed by atoms with Crippen LogP contribution in [0.3, 0.4) is 0 Å². The summed E-state index contributed by atoms with van der Waals surface area (Å²) in [6.07, 6.45) is 6.72. The van der Waals surface area contributed by atoms with Gasteiger partial charge in [-0.15, -0.1) is 0 Å². The molecular formula is C15H28N2O2. The first-order valence-electron chi connectivity index (χ1n) is 7.68. The van der Waals surface area contributed by atoms with E-state index in [9.17, 15) is 4.79 Å². The normalized spacial score (nSPS) is 30.8. The van der Waals surface area contributed by atoms with Gasteiger partial charge in [-0.25, -0.2) is 0 Å².